The Bertz CT molecular complexity index is 1280. The number of nitrogens with one attached hydrogen (secondary N) is 1. The number of rotatable bonds is 8. The van der Waals surface area contributed by atoms with Gasteiger partial charge >= 0.3 is 0 Å². The molecule has 0 amide bonds. The number of aryl methyl sites for hydroxylation is 2. The van der Waals surface area contributed by atoms with Crippen LogP contribution in [-0.4, -0.2) is 52.6 Å². The zero-order valence-corrected chi connectivity index (χ0v) is 21.6. The number of nitrogens with zero attached hydrogens (tertiary/aromatic N) is 5. The summed E-state index contributed by atoms with van der Waals surface area (Å²) >= 11 is 0. The molecular formula is C28H38N6O2. The third-order valence-electron chi connectivity index (χ3n) is 8.54. The number of anilines is 2. The van der Waals surface area contributed by atoms with Gasteiger partial charge in [0.05, 0.1) is 18.9 Å². The predicted molar refractivity (Wildman–Crippen MR) is 143 cm³/mol. The summed E-state index contributed by atoms with van der Waals surface area (Å²) in [6.07, 6.45) is 7.20. The van der Waals surface area contributed by atoms with Crippen LogP contribution in [0.15, 0.2) is 29.1 Å². The first kappa shape index (κ1) is 23.5. The predicted octanol–water partition coefficient (Wildman–Crippen LogP) is 3.89. The van der Waals surface area contributed by atoms with E-state index in [1.165, 1.54) is 36.9 Å². The Kier molecular flexibility index (Phi) is 6.46. The lowest BCUT2D eigenvalue weighted by atomic mass is 9.88. The lowest BCUT2D eigenvalue weighted by Crippen LogP contribution is -2.36. The summed E-state index contributed by atoms with van der Waals surface area (Å²) in [5, 5.41) is 4.62. The second kappa shape index (κ2) is 9.88. The Labute approximate surface area is 212 Å². The zero-order valence-electron chi connectivity index (χ0n) is 21.6. The monoisotopic (exact) mass is 490 g/mol. The summed E-state index contributed by atoms with van der Waals surface area (Å²) < 4.78 is 7.23. The van der Waals surface area contributed by atoms with Gasteiger partial charge in [-0.25, -0.2) is 4.98 Å². The van der Waals surface area contributed by atoms with Gasteiger partial charge in [-0.1, -0.05) is 31.9 Å². The highest BCUT2D eigenvalue weighted by atomic mass is 16.5. The van der Waals surface area contributed by atoms with Crippen LogP contribution < -0.4 is 15.4 Å². The Morgan fingerprint density at radius 2 is 2.06 bits per heavy atom. The molecule has 3 aliphatic rings. The molecule has 3 aromatic rings. The molecule has 192 valence electrons. The maximum absolute atomic E-state index is 13.2. The molecule has 0 spiro atoms. The van der Waals surface area contributed by atoms with Crippen LogP contribution in [-0.2, 0) is 24.8 Å². The number of H-pyrrole nitrogens is 1. The Balaban J connectivity index is 1.34. The standard InChI is InChI=1S/C28H38N6O2/c1-3-5-24-25-26(32(2)31-24)27(35)30-28(29-25)34(18-22-15-19-8-9-21(22)14-19)17-20-6-4-7-23(16-20)33-10-12-36-13-11-33/h4,6-7,16,19,21-22H,3,5,8-15,17-18H2,1-2H3,(H,29,30,35). The van der Waals surface area contributed by atoms with E-state index >= 15 is 0 Å². The molecule has 36 heavy (non-hydrogen) atoms. The minimum atomic E-state index is -0.104. The fourth-order valence-electron chi connectivity index (χ4n) is 6.79. The van der Waals surface area contributed by atoms with Crippen LogP contribution in [0.2, 0.25) is 0 Å². The number of ether oxygens (including phenoxy) is 1. The summed E-state index contributed by atoms with van der Waals surface area (Å²) in [4.78, 5) is 26.1. The molecule has 1 aromatic carbocycles. The van der Waals surface area contributed by atoms with Gasteiger partial charge in [-0.3, -0.25) is 14.5 Å². The molecule has 3 atom stereocenters. The highest BCUT2D eigenvalue weighted by Crippen LogP contribution is 2.48. The van der Waals surface area contributed by atoms with Crippen LogP contribution >= 0.6 is 0 Å². The largest absolute Gasteiger partial charge is 0.378 e. The van der Waals surface area contributed by atoms with Gasteiger partial charge in [0.2, 0.25) is 5.95 Å². The summed E-state index contributed by atoms with van der Waals surface area (Å²) in [7, 11) is 1.84. The van der Waals surface area contributed by atoms with E-state index in [1.807, 2.05) is 7.05 Å². The molecule has 3 unspecified atom stereocenters. The molecule has 2 saturated carbocycles. The van der Waals surface area contributed by atoms with Gasteiger partial charge < -0.3 is 14.5 Å². The maximum atomic E-state index is 13.2. The molecule has 3 fully saturated rings. The third kappa shape index (κ3) is 4.51. The van der Waals surface area contributed by atoms with Crippen LogP contribution in [0.1, 0.15) is 50.3 Å². The Morgan fingerprint density at radius 3 is 2.81 bits per heavy atom. The normalized spacial score (nSPS) is 23.6. The summed E-state index contributed by atoms with van der Waals surface area (Å²) in [6.45, 7) is 7.19. The van der Waals surface area contributed by atoms with Crippen molar-refractivity contribution in [1.82, 2.24) is 19.7 Å². The lowest BCUT2D eigenvalue weighted by Gasteiger charge is -2.31. The molecule has 6 rings (SSSR count). The van der Waals surface area contributed by atoms with Gasteiger partial charge in [0, 0.05) is 38.9 Å². The van der Waals surface area contributed by atoms with Crippen molar-refractivity contribution in [3.05, 3.63) is 45.9 Å². The van der Waals surface area contributed by atoms with E-state index in [-0.39, 0.29) is 5.56 Å². The molecular weight excluding hydrogens is 452 g/mol. The molecule has 2 aromatic heterocycles. The molecule has 1 saturated heterocycles. The highest BCUT2D eigenvalue weighted by molar-refractivity contribution is 5.77. The fraction of sp³-hybridized carbons (Fsp3) is 0.607. The van der Waals surface area contributed by atoms with Gasteiger partial charge in [-0.2, -0.15) is 5.10 Å². The van der Waals surface area contributed by atoms with Crippen molar-refractivity contribution in [2.75, 3.05) is 42.6 Å². The Morgan fingerprint density at radius 1 is 1.19 bits per heavy atom. The first-order chi connectivity index (χ1) is 17.6. The maximum Gasteiger partial charge on any atom is 0.278 e. The van der Waals surface area contributed by atoms with E-state index in [9.17, 15) is 4.79 Å². The van der Waals surface area contributed by atoms with Crippen molar-refractivity contribution in [1.29, 1.82) is 0 Å². The van der Waals surface area contributed by atoms with E-state index in [2.05, 4.69) is 51.1 Å². The van der Waals surface area contributed by atoms with Gasteiger partial charge in [-0.05, 0) is 61.1 Å². The summed E-state index contributed by atoms with van der Waals surface area (Å²) in [5.74, 6) is 3.03. The van der Waals surface area contributed by atoms with E-state index in [1.54, 1.807) is 4.68 Å². The van der Waals surface area contributed by atoms with Gasteiger partial charge in [0.25, 0.3) is 5.56 Å². The van der Waals surface area contributed by atoms with Crippen molar-refractivity contribution in [2.24, 2.45) is 24.8 Å². The van der Waals surface area contributed by atoms with E-state index in [0.29, 0.717) is 17.4 Å². The highest BCUT2D eigenvalue weighted by Gasteiger charge is 2.40. The minimum absolute atomic E-state index is 0.104. The minimum Gasteiger partial charge on any atom is -0.378 e. The lowest BCUT2D eigenvalue weighted by molar-refractivity contribution is 0.122. The summed E-state index contributed by atoms with van der Waals surface area (Å²) in [5.41, 5.74) is 4.60. The average Bonchev–Trinajstić information content (AvgIpc) is 3.60. The second-order valence-corrected chi connectivity index (χ2v) is 11.0. The molecule has 8 heteroatoms. The van der Waals surface area contributed by atoms with Crippen LogP contribution in [0.3, 0.4) is 0 Å². The number of aromatic nitrogens is 4. The van der Waals surface area contributed by atoms with Gasteiger partial charge in [0.1, 0.15) is 5.52 Å². The quantitative estimate of drug-likeness (QED) is 0.516. The molecule has 8 nitrogen and oxygen atoms in total. The molecule has 2 bridgehead atoms. The zero-order chi connectivity index (χ0) is 24.6. The number of fused-ring (bicyclic) bond motifs is 3. The average molecular weight is 491 g/mol. The molecule has 2 aliphatic carbocycles. The first-order valence-corrected chi connectivity index (χ1v) is 13.7. The Hall–Kier alpha value is -2.87. The van der Waals surface area contributed by atoms with E-state index < -0.39 is 0 Å². The number of morpholine rings is 1. The SMILES string of the molecule is CCCc1nn(C)c2c(=O)[nH]c(N(Cc3cccc(N4CCOCC4)c3)CC3CC4CCC3C4)nc12. The van der Waals surface area contributed by atoms with Crippen molar-refractivity contribution < 1.29 is 4.74 Å². The van der Waals surface area contributed by atoms with Crippen LogP contribution in [0.25, 0.3) is 11.0 Å². The topological polar surface area (TPSA) is 79.3 Å². The van der Waals surface area contributed by atoms with E-state index in [0.717, 1.165) is 75.3 Å². The number of hydrogen-bond donors (Lipinski definition) is 1. The van der Waals surface area contributed by atoms with Crippen molar-refractivity contribution >= 4 is 22.7 Å². The second-order valence-electron chi connectivity index (χ2n) is 11.0. The smallest absolute Gasteiger partial charge is 0.278 e. The molecule has 0 radical (unpaired) electrons. The molecule has 3 heterocycles. The number of aromatic amines is 1. The van der Waals surface area contributed by atoms with Gasteiger partial charge in [-0.15, -0.1) is 0 Å². The van der Waals surface area contributed by atoms with Gasteiger partial charge in [0.15, 0.2) is 5.52 Å². The fourth-order valence-corrected chi connectivity index (χ4v) is 6.79. The van der Waals surface area contributed by atoms with Crippen molar-refractivity contribution in [2.45, 2.75) is 52.0 Å². The number of benzene rings is 1. The number of hydrogen-bond acceptors (Lipinski definition) is 6. The summed E-state index contributed by atoms with van der Waals surface area (Å²) in [6, 6.07) is 8.83. The third-order valence-corrected chi connectivity index (χ3v) is 8.54. The van der Waals surface area contributed by atoms with Crippen molar-refractivity contribution in [3.63, 3.8) is 0 Å². The molecule has 1 aliphatic heterocycles. The molecule has 1 N–H and O–H groups in total. The van der Waals surface area contributed by atoms with E-state index in [4.69, 9.17) is 9.72 Å². The van der Waals surface area contributed by atoms with Crippen molar-refractivity contribution in [3.8, 4) is 0 Å². The van der Waals surface area contributed by atoms with Crippen LogP contribution in [0.5, 0.6) is 0 Å². The van der Waals surface area contributed by atoms with Crippen LogP contribution in [0.4, 0.5) is 11.6 Å². The van der Waals surface area contributed by atoms with Crippen LogP contribution in [0, 0.1) is 17.8 Å². The first-order valence-electron chi connectivity index (χ1n) is 13.7.